The molecule has 0 aliphatic rings. The number of carbonyl (C=O) groups excluding carboxylic acids is 1. The molecule has 31 heavy (non-hydrogen) atoms. The highest BCUT2D eigenvalue weighted by Gasteiger charge is 2.23. The number of aromatic nitrogens is 2. The first-order valence-corrected chi connectivity index (χ1v) is 10.4. The maximum atomic E-state index is 12.8. The first-order valence-electron chi connectivity index (χ1n) is 10.4. The van der Waals surface area contributed by atoms with Crippen molar-refractivity contribution in [3.05, 3.63) is 59.2 Å². The minimum absolute atomic E-state index is 0.101. The summed E-state index contributed by atoms with van der Waals surface area (Å²) in [6.07, 6.45) is 4.02. The first kappa shape index (κ1) is 28.0. The number of aliphatic hydroxyl groups is 1. The van der Waals surface area contributed by atoms with Crippen molar-refractivity contribution < 1.29 is 14.6 Å². The van der Waals surface area contributed by atoms with E-state index in [2.05, 4.69) is 36.6 Å². The predicted molar refractivity (Wildman–Crippen MR) is 128 cm³/mol. The van der Waals surface area contributed by atoms with Crippen molar-refractivity contribution in [3.8, 4) is 11.8 Å². The Hall–Kier alpha value is -3.04. The van der Waals surface area contributed by atoms with E-state index >= 15 is 0 Å². The Morgan fingerprint density at radius 3 is 2.48 bits per heavy atom. The number of hydrogen-bond acceptors (Lipinski definition) is 4. The Morgan fingerprint density at radius 2 is 1.97 bits per heavy atom. The molecule has 0 radical (unpaired) electrons. The predicted octanol–water partition coefficient (Wildman–Crippen LogP) is 4.59. The van der Waals surface area contributed by atoms with Crippen LogP contribution in [0.2, 0.25) is 0 Å². The van der Waals surface area contributed by atoms with Gasteiger partial charge in [-0.05, 0) is 34.1 Å². The summed E-state index contributed by atoms with van der Waals surface area (Å²) in [5, 5.41) is 9.93. The molecule has 0 aliphatic heterocycles. The van der Waals surface area contributed by atoms with Crippen LogP contribution in [0.1, 0.15) is 62.7 Å². The number of pyridine rings is 1. The Kier molecular flexibility index (Phi) is 12.0. The van der Waals surface area contributed by atoms with E-state index in [-0.39, 0.29) is 18.8 Å². The minimum Gasteiger partial charge on any atom is -0.462 e. The number of rotatable bonds is 6. The van der Waals surface area contributed by atoms with Crippen molar-refractivity contribution in [2.75, 3.05) is 13.2 Å². The number of esters is 1. The summed E-state index contributed by atoms with van der Waals surface area (Å²) < 4.78 is 6.72. The second kappa shape index (κ2) is 13.3. The van der Waals surface area contributed by atoms with Gasteiger partial charge in [-0.15, -0.1) is 19.7 Å². The SMILES string of the molecule is C=C.C=CCCn1cc(C#CC(C)(C)CO)c2c(C(=O)OCC)c(C)[nH]c2c1=O.CC. The van der Waals surface area contributed by atoms with E-state index in [1.807, 2.05) is 27.7 Å². The van der Waals surface area contributed by atoms with Gasteiger partial charge in [-0.2, -0.15) is 0 Å². The lowest BCUT2D eigenvalue weighted by atomic mass is 9.95. The van der Waals surface area contributed by atoms with Gasteiger partial charge in [0.05, 0.1) is 24.3 Å². The second-order valence-corrected chi connectivity index (χ2v) is 7.01. The van der Waals surface area contributed by atoms with E-state index in [1.54, 1.807) is 30.7 Å². The van der Waals surface area contributed by atoms with Gasteiger partial charge in [-0.3, -0.25) is 4.79 Å². The zero-order valence-corrected chi connectivity index (χ0v) is 19.7. The van der Waals surface area contributed by atoms with Crippen LogP contribution in [0.25, 0.3) is 10.9 Å². The van der Waals surface area contributed by atoms with Gasteiger partial charge in [-0.25, -0.2) is 4.79 Å². The lowest BCUT2D eigenvalue weighted by Gasteiger charge is -2.12. The lowest BCUT2D eigenvalue weighted by molar-refractivity contribution is 0.0528. The second-order valence-electron chi connectivity index (χ2n) is 7.01. The fourth-order valence-corrected chi connectivity index (χ4v) is 2.70. The largest absolute Gasteiger partial charge is 0.462 e. The molecular formula is C25H36N2O4. The molecule has 0 aromatic carbocycles. The van der Waals surface area contributed by atoms with Crippen molar-refractivity contribution in [2.24, 2.45) is 5.41 Å². The quantitative estimate of drug-likeness (QED) is 0.400. The number of nitrogens with one attached hydrogen (secondary N) is 1. The van der Waals surface area contributed by atoms with Crippen molar-refractivity contribution in [1.29, 1.82) is 0 Å². The average Bonchev–Trinajstić information content (AvgIpc) is 3.13. The van der Waals surface area contributed by atoms with E-state index in [0.29, 0.717) is 40.7 Å². The molecule has 2 N–H and O–H groups in total. The number of hydrogen-bond donors (Lipinski definition) is 2. The van der Waals surface area contributed by atoms with Gasteiger partial charge in [0.25, 0.3) is 5.56 Å². The number of allylic oxidation sites excluding steroid dienone is 1. The average molecular weight is 429 g/mol. The van der Waals surface area contributed by atoms with Gasteiger partial charge in [0.1, 0.15) is 5.52 Å². The molecule has 0 spiro atoms. The maximum Gasteiger partial charge on any atom is 0.340 e. The molecule has 0 fully saturated rings. The summed E-state index contributed by atoms with van der Waals surface area (Å²) in [5.74, 6) is 5.58. The van der Waals surface area contributed by atoms with Crippen LogP contribution in [0.3, 0.4) is 0 Å². The number of nitrogens with zero attached hydrogens (tertiary/aromatic N) is 1. The molecule has 6 heteroatoms. The molecule has 0 saturated carbocycles. The van der Waals surface area contributed by atoms with Crippen LogP contribution in [0.5, 0.6) is 0 Å². The molecule has 0 unspecified atom stereocenters. The maximum absolute atomic E-state index is 12.8. The number of carbonyl (C=O) groups is 1. The van der Waals surface area contributed by atoms with Crippen LogP contribution in [-0.2, 0) is 11.3 Å². The molecule has 2 aromatic rings. The third-order valence-corrected chi connectivity index (χ3v) is 4.20. The van der Waals surface area contributed by atoms with Crippen LogP contribution in [0, 0.1) is 24.2 Å². The summed E-state index contributed by atoms with van der Waals surface area (Å²) in [6, 6.07) is 0. The zero-order valence-electron chi connectivity index (χ0n) is 19.7. The van der Waals surface area contributed by atoms with Crippen molar-refractivity contribution in [3.63, 3.8) is 0 Å². The highest BCUT2D eigenvalue weighted by atomic mass is 16.5. The molecule has 2 aromatic heterocycles. The van der Waals surface area contributed by atoms with Crippen molar-refractivity contribution >= 4 is 16.9 Å². The molecule has 0 bridgehead atoms. The Morgan fingerprint density at radius 1 is 1.35 bits per heavy atom. The summed E-state index contributed by atoms with van der Waals surface area (Å²) in [6.45, 7) is 21.4. The normalized spacial score (nSPS) is 10.0. The van der Waals surface area contributed by atoms with Gasteiger partial charge in [-0.1, -0.05) is 31.8 Å². The molecule has 0 atom stereocenters. The fraction of sp³-hybridized carbons (Fsp3) is 0.440. The monoisotopic (exact) mass is 428 g/mol. The van der Waals surface area contributed by atoms with Gasteiger partial charge < -0.3 is 19.4 Å². The van der Waals surface area contributed by atoms with Crippen LogP contribution < -0.4 is 5.56 Å². The summed E-state index contributed by atoms with van der Waals surface area (Å²) in [7, 11) is 0. The third-order valence-electron chi connectivity index (χ3n) is 4.20. The molecule has 0 aliphatic carbocycles. The van der Waals surface area contributed by atoms with Crippen LogP contribution >= 0.6 is 0 Å². The van der Waals surface area contributed by atoms with E-state index in [0.717, 1.165) is 0 Å². The molecular weight excluding hydrogens is 392 g/mol. The minimum atomic E-state index is -0.607. The smallest absolute Gasteiger partial charge is 0.340 e. The third kappa shape index (κ3) is 7.01. The number of aromatic amines is 1. The van der Waals surface area contributed by atoms with Crippen molar-refractivity contribution in [1.82, 2.24) is 9.55 Å². The standard InChI is InChI=1S/C21H26N2O4.C2H6.C2H4/c1-6-8-11-23-12-15(9-10-21(4,5)13-24)17-16(20(26)27-7-2)14(3)22-18(17)19(23)25;2*1-2/h6,12,22,24H,1,7-8,11,13H2,2-5H3;1-2H3;1-2H2. The molecule has 0 amide bonds. The number of H-pyrrole nitrogens is 1. The molecule has 0 saturated heterocycles. The van der Waals surface area contributed by atoms with E-state index in [9.17, 15) is 14.7 Å². The molecule has 2 heterocycles. The Labute approximate surface area is 185 Å². The number of fused-ring (bicyclic) bond motifs is 1. The topological polar surface area (TPSA) is 84.3 Å². The highest BCUT2D eigenvalue weighted by Crippen LogP contribution is 2.25. The van der Waals surface area contributed by atoms with Gasteiger partial charge in [0.15, 0.2) is 0 Å². The summed E-state index contributed by atoms with van der Waals surface area (Å²) in [5.41, 5.74) is 0.926. The molecule has 2 rings (SSSR count). The van der Waals surface area contributed by atoms with Gasteiger partial charge >= 0.3 is 5.97 Å². The summed E-state index contributed by atoms with van der Waals surface area (Å²) in [4.78, 5) is 28.3. The lowest BCUT2D eigenvalue weighted by Crippen LogP contribution is -2.21. The Balaban J connectivity index is 0.00000212. The van der Waals surface area contributed by atoms with Gasteiger partial charge in [0, 0.05) is 29.2 Å². The Bertz CT molecular complexity index is 1000. The van der Waals surface area contributed by atoms with Crippen LogP contribution in [0.4, 0.5) is 0 Å². The van der Waals surface area contributed by atoms with Crippen LogP contribution in [-0.4, -0.2) is 33.8 Å². The van der Waals surface area contributed by atoms with Gasteiger partial charge in [0.2, 0.25) is 0 Å². The number of aryl methyl sites for hydroxylation is 2. The summed E-state index contributed by atoms with van der Waals surface area (Å²) >= 11 is 0. The molecule has 6 nitrogen and oxygen atoms in total. The van der Waals surface area contributed by atoms with Crippen molar-refractivity contribution in [2.45, 2.75) is 54.5 Å². The highest BCUT2D eigenvalue weighted by molar-refractivity contribution is 6.07. The van der Waals surface area contributed by atoms with E-state index < -0.39 is 11.4 Å². The van der Waals surface area contributed by atoms with Crippen LogP contribution in [0.15, 0.2) is 36.8 Å². The zero-order chi connectivity index (χ0) is 24.2. The van der Waals surface area contributed by atoms with E-state index in [1.165, 1.54) is 0 Å². The first-order chi connectivity index (χ1) is 14.8. The van der Waals surface area contributed by atoms with E-state index in [4.69, 9.17) is 4.74 Å². The number of aliphatic hydroxyl groups excluding tert-OH is 1. The number of ether oxygens (including phenoxy) is 1. The molecule has 170 valence electrons. The fourth-order valence-electron chi connectivity index (χ4n) is 2.70.